The average Bonchev–Trinajstić information content (AvgIpc) is 2.14. The Morgan fingerprint density at radius 3 is 2.65 bits per heavy atom. The van der Waals surface area contributed by atoms with Crippen molar-refractivity contribution < 1.29 is 9.59 Å². The number of amides is 2. The van der Waals surface area contributed by atoms with Crippen molar-refractivity contribution in [2.24, 2.45) is 11.7 Å². The molecule has 1 rings (SSSR count). The molecule has 2 amide bonds. The SMILES string of the molecule is CCCC1CC(NC(C)=O)CN(CC(N)=O)C1. The van der Waals surface area contributed by atoms with Gasteiger partial charge in [0.25, 0.3) is 0 Å². The van der Waals surface area contributed by atoms with E-state index in [4.69, 9.17) is 5.73 Å². The lowest BCUT2D eigenvalue weighted by Crippen LogP contribution is -2.52. The van der Waals surface area contributed by atoms with Crippen LogP contribution in [-0.4, -0.2) is 42.4 Å². The molecule has 0 radical (unpaired) electrons. The van der Waals surface area contributed by atoms with Crippen molar-refractivity contribution in [1.29, 1.82) is 0 Å². The van der Waals surface area contributed by atoms with Crippen LogP contribution >= 0.6 is 0 Å². The van der Waals surface area contributed by atoms with Crippen LogP contribution in [0.2, 0.25) is 0 Å². The van der Waals surface area contributed by atoms with Gasteiger partial charge >= 0.3 is 0 Å². The molecule has 2 atom stereocenters. The van der Waals surface area contributed by atoms with E-state index in [1.54, 1.807) is 0 Å². The van der Waals surface area contributed by atoms with Gasteiger partial charge < -0.3 is 11.1 Å². The molecule has 0 aromatic carbocycles. The van der Waals surface area contributed by atoms with Crippen LogP contribution in [0.15, 0.2) is 0 Å². The fourth-order valence-electron chi connectivity index (χ4n) is 2.66. The van der Waals surface area contributed by atoms with Gasteiger partial charge in [0.1, 0.15) is 0 Å². The zero-order valence-electron chi connectivity index (χ0n) is 10.7. The lowest BCUT2D eigenvalue weighted by atomic mass is 9.90. The summed E-state index contributed by atoms with van der Waals surface area (Å²) in [6, 6.07) is 0.150. The maximum absolute atomic E-state index is 11.1. The van der Waals surface area contributed by atoms with E-state index in [1.807, 2.05) is 4.90 Å². The minimum atomic E-state index is -0.302. The van der Waals surface area contributed by atoms with Gasteiger partial charge in [0.15, 0.2) is 0 Å². The molecule has 0 saturated carbocycles. The van der Waals surface area contributed by atoms with E-state index in [2.05, 4.69) is 12.2 Å². The van der Waals surface area contributed by atoms with Gasteiger partial charge in [-0.3, -0.25) is 14.5 Å². The molecule has 17 heavy (non-hydrogen) atoms. The van der Waals surface area contributed by atoms with Crippen molar-refractivity contribution in [1.82, 2.24) is 10.2 Å². The first-order valence-corrected chi connectivity index (χ1v) is 6.29. The summed E-state index contributed by atoms with van der Waals surface area (Å²) < 4.78 is 0. The van der Waals surface area contributed by atoms with E-state index in [0.29, 0.717) is 5.92 Å². The lowest BCUT2D eigenvalue weighted by molar-refractivity contribution is -0.120. The first-order valence-electron chi connectivity index (χ1n) is 6.29. The van der Waals surface area contributed by atoms with Gasteiger partial charge in [0, 0.05) is 26.1 Å². The predicted molar refractivity (Wildman–Crippen MR) is 66.3 cm³/mol. The summed E-state index contributed by atoms with van der Waals surface area (Å²) in [5.74, 6) is 0.236. The number of rotatable bonds is 5. The van der Waals surface area contributed by atoms with Crippen LogP contribution in [0.1, 0.15) is 33.1 Å². The molecule has 98 valence electrons. The molecule has 1 saturated heterocycles. The summed E-state index contributed by atoms with van der Waals surface area (Å²) in [6.07, 6.45) is 3.26. The largest absolute Gasteiger partial charge is 0.369 e. The highest BCUT2D eigenvalue weighted by Crippen LogP contribution is 2.21. The van der Waals surface area contributed by atoms with Gasteiger partial charge in [-0.2, -0.15) is 0 Å². The van der Waals surface area contributed by atoms with Crippen molar-refractivity contribution in [2.75, 3.05) is 19.6 Å². The Labute approximate surface area is 103 Å². The molecule has 1 aliphatic heterocycles. The second kappa shape index (κ2) is 6.59. The lowest BCUT2D eigenvalue weighted by Gasteiger charge is -2.37. The topological polar surface area (TPSA) is 75.4 Å². The van der Waals surface area contributed by atoms with Crippen molar-refractivity contribution in [3.63, 3.8) is 0 Å². The van der Waals surface area contributed by atoms with E-state index in [-0.39, 0.29) is 24.4 Å². The molecule has 2 unspecified atom stereocenters. The standard InChI is InChI=1S/C12H23N3O2/c1-3-4-10-5-11(14-9(2)16)7-15(6-10)8-12(13)17/h10-11H,3-8H2,1-2H3,(H2,13,17)(H,14,16). The summed E-state index contributed by atoms with van der Waals surface area (Å²) in [5, 5.41) is 2.94. The highest BCUT2D eigenvalue weighted by molar-refractivity contribution is 5.76. The Bertz CT molecular complexity index is 257. The molecule has 0 aromatic rings. The molecule has 5 nitrogen and oxygen atoms in total. The van der Waals surface area contributed by atoms with E-state index < -0.39 is 0 Å². The second-order valence-corrected chi connectivity index (χ2v) is 4.95. The Morgan fingerprint density at radius 1 is 1.41 bits per heavy atom. The summed E-state index contributed by atoms with van der Waals surface area (Å²) in [5.41, 5.74) is 5.22. The zero-order valence-corrected chi connectivity index (χ0v) is 10.7. The minimum Gasteiger partial charge on any atom is -0.369 e. The van der Waals surface area contributed by atoms with Gasteiger partial charge in [-0.05, 0) is 18.8 Å². The summed E-state index contributed by atoms with van der Waals surface area (Å²) in [7, 11) is 0. The number of hydrogen-bond donors (Lipinski definition) is 2. The first-order chi connectivity index (χ1) is 8.01. The van der Waals surface area contributed by atoms with Gasteiger partial charge in [-0.1, -0.05) is 13.3 Å². The van der Waals surface area contributed by atoms with Crippen molar-refractivity contribution in [3.8, 4) is 0 Å². The Hall–Kier alpha value is -1.10. The Kier molecular flexibility index (Phi) is 5.41. The van der Waals surface area contributed by atoms with Crippen LogP contribution in [0.5, 0.6) is 0 Å². The minimum absolute atomic E-state index is 0.00817. The quantitative estimate of drug-likeness (QED) is 0.716. The molecule has 0 aliphatic carbocycles. The smallest absolute Gasteiger partial charge is 0.231 e. The number of piperidine rings is 1. The fourth-order valence-corrected chi connectivity index (χ4v) is 2.66. The molecule has 3 N–H and O–H groups in total. The number of hydrogen-bond acceptors (Lipinski definition) is 3. The van der Waals surface area contributed by atoms with Crippen LogP contribution in [0.25, 0.3) is 0 Å². The van der Waals surface area contributed by atoms with Gasteiger partial charge in [-0.25, -0.2) is 0 Å². The van der Waals surface area contributed by atoms with Gasteiger partial charge in [0.2, 0.25) is 11.8 Å². The third kappa shape index (κ3) is 5.17. The number of nitrogens with zero attached hydrogens (tertiary/aromatic N) is 1. The van der Waals surface area contributed by atoms with Crippen molar-refractivity contribution >= 4 is 11.8 Å². The molecule has 1 heterocycles. The molecule has 1 fully saturated rings. The average molecular weight is 241 g/mol. The third-order valence-electron chi connectivity index (χ3n) is 3.10. The molecule has 5 heteroatoms. The van der Waals surface area contributed by atoms with Crippen LogP contribution < -0.4 is 11.1 Å². The molecular weight excluding hydrogens is 218 g/mol. The first kappa shape index (κ1) is 14.0. The Morgan fingerprint density at radius 2 is 2.12 bits per heavy atom. The highest BCUT2D eigenvalue weighted by Gasteiger charge is 2.27. The second-order valence-electron chi connectivity index (χ2n) is 4.95. The molecule has 0 bridgehead atoms. The van der Waals surface area contributed by atoms with E-state index >= 15 is 0 Å². The monoisotopic (exact) mass is 241 g/mol. The van der Waals surface area contributed by atoms with E-state index in [1.165, 1.54) is 6.92 Å². The van der Waals surface area contributed by atoms with E-state index in [0.717, 1.165) is 32.4 Å². The van der Waals surface area contributed by atoms with Crippen molar-refractivity contribution in [2.45, 2.75) is 39.2 Å². The molecule has 0 aromatic heterocycles. The normalized spacial score (nSPS) is 25.5. The van der Waals surface area contributed by atoms with Crippen LogP contribution in [0, 0.1) is 5.92 Å². The molecular formula is C12H23N3O2. The third-order valence-corrected chi connectivity index (χ3v) is 3.10. The van der Waals surface area contributed by atoms with Crippen molar-refractivity contribution in [3.05, 3.63) is 0 Å². The number of carbonyl (C=O) groups is 2. The van der Waals surface area contributed by atoms with Crippen LogP contribution in [0.3, 0.4) is 0 Å². The maximum atomic E-state index is 11.1. The summed E-state index contributed by atoms with van der Waals surface area (Å²) >= 11 is 0. The number of likely N-dealkylation sites (tertiary alicyclic amines) is 1. The highest BCUT2D eigenvalue weighted by atomic mass is 16.2. The summed E-state index contributed by atoms with van der Waals surface area (Å²) in [4.78, 5) is 24.1. The maximum Gasteiger partial charge on any atom is 0.231 e. The number of primary amides is 1. The zero-order chi connectivity index (χ0) is 12.8. The summed E-state index contributed by atoms with van der Waals surface area (Å²) in [6.45, 7) is 5.61. The van der Waals surface area contributed by atoms with Gasteiger partial charge in [0.05, 0.1) is 6.54 Å². The fraction of sp³-hybridized carbons (Fsp3) is 0.833. The number of nitrogens with one attached hydrogen (secondary N) is 1. The molecule has 0 spiro atoms. The van der Waals surface area contributed by atoms with Gasteiger partial charge in [-0.15, -0.1) is 0 Å². The predicted octanol–water partition coefficient (Wildman–Crippen LogP) is 0.0984. The molecule has 1 aliphatic rings. The number of nitrogens with two attached hydrogens (primary N) is 1. The van der Waals surface area contributed by atoms with Crippen LogP contribution in [-0.2, 0) is 9.59 Å². The Balaban J connectivity index is 2.55. The van der Waals surface area contributed by atoms with E-state index in [9.17, 15) is 9.59 Å². The van der Waals surface area contributed by atoms with Crippen LogP contribution in [0.4, 0.5) is 0 Å². The number of carbonyl (C=O) groups excluding carboxylic acids is 2.